The predicted octanol–water partition coefficient (Wildman–Crippen LogP) is 2.60. The minimum Gasteiger partial charge on any atom is -0.491 e. The molecular formula is C15H21F2NO3. The Bertz CT molecular complexity index is 512. The van der Waals surface area contributed by atoms with Crippen molar-refractivity contribution >= 4 is 5.91 Å². The molecular weight excluding hydrogens is 280 g/mol. The van der Waals surface area contributed by atoms with E-state index in [1.807, 2.05) is 0 Å². The van der Waals surface area contributed by atoms with Crippen LogP contribution in [-0.2, 0) is 0 Å². The molecule has 6 heteroatoms. The number of carbonyl (C=O) groups excluding carboxylic acids is 1. The number of amides is 1. The van der Waals surface area contributed by atoms with Crippen LogP contribution < -0.4 is 4.74 Å². The van der Waals surface area contributed by atoms with Crippen LogP contribution in [0.5, 0.6) is 5.75 Å². The summed E-state index contributed by atoms with van der Waals surface area (Å²) >= 11 is 0. The number of hydrogen-bond donors (Lipinski definition) is 1. The molecule has 1 aromatic rings. The summed E-state index contributed by atoms with van der Waals surface area (Å²) in [5, 5.41) is 9.79. The van der Waals surface area contributed by atoms with E-state index >= 15 is 0 Å². The average Bonchev–Trinajstić information content (AvgIpc) is 2.38. The van der Waals surface area contributed by atoms with Gasteiger partial charge in [0.05, 0.1) is 12.2 Å². The molecule has 0 heterocycles. The minimum atomic E-state index is -1.16. The van der Waals surface area contributed by atoms with Gasteiger partial charge in [0, 0.05) is 13.1 Å². The lowest BCUT2D eigenvalue weighted by Gasteiger charge is -2.28. The summed E-state index contributed by atoms with van der Waals surface area (Å²) in [6.45, 7) is 6.78. The van der Waals surface area contributed by atoms with Crippen LogP contribution in [0.15, 0.2) is 12.1 Å². The standard InChI is InChI=1S/C15H21F2NO3/c1-5-18(9-15(3,4)20)14(19)12-10(16)7-8-11(13(12)17)21-6-2/h7-8,20H,5-6,9H2,1-4H3. The summed E-state index contributed by atoms with van der Waals surface area (Å²) in [6.07, 6.45) is 0. The van der Waals surface area contributed by atoms with Crippen molar-refractivity contribution in [1.82, 2.24) is 4.90 Å². The summed E-state index contributed by atoms with van der Waals surface area (Å²) in [4.78, 5) is 13.5. The van der Waals surface area contributed by atoms with Gasteiger partial charge in [-0.3, -0.25) is 4.79 Å². The Labute approximate surface area is 123 Å². The third-order valence-electron chi connectivity index (χ3n) is 2.82. The zero-order chi connectivity index (χ0) is 16.2. The van der Waals surface area contributed by atoms with Crippen molar-refractivity contribution in [3.63, 3.8) is 0 Å². The Morgan fingerprint density at radius 1 is 1.33 bits per heavy atom. The third-order valence-corrected chi connectivity index (χ3v) is 2.82. The largest absolute Gasteiger partial charge is 0.491 e. The number of carbonyl (C=O) groups is 1. The van der Waals surface area contributed by atoms with Gasteiger partial charge >= 0.3 is 0 Å². The molecule has 0 spiro atoms. The van der Waals surface area contributed by atoms with E-state index in [-0.39, 0.29) is 25.4 Å². The Morgan fingerprint density at radius 2 is 1.95 bits per heavy atom. The van der Waals surface area contributed by atoms with Crippen LogP contribution in [0.4, 0.5) is 8.78 Å². The van der Waals surface area contributed by atoms with E-state index < -0.39 is 28.7 Å². The molecule has 0 saturated carbocycles. The predicted molar refractivity (Wildman–Crippen MR) is 75.4 cm³/mol. The van der Waals surface area contributed by atoms with Crippen molar-refractivity contribution in [2.45, 2.75) is 33.3 Å². The monoisotopic (exact) mass is 301 g/mol. The normalized spacial score (nSPS) is 11.4. The van der Waals surface area contributed by atoms with Gasteiger partial charge in [0.15, 0.2) is 11.6 Å². The number of hydrogen-bond acceptors (Lipinski definition) is 3. The van der Waals surface area contributed by atoms with Crippen LogP contribution in [-0.4, -0.2) is 41.2 Å². The van der Waals surface area contributed by atoms with Gasteiger partial charge in [-0.2, -0.15) is 0 Å². The molecule has 1 N–H and O–H groups in total. The van der Waals surface area contributed by atoms with E-state index in [9.17, 15) is 18.7 Å². The number of rotatable bonds is 6. The van der Waals surface area contributed by atoms with Crippen LogP contribution in [0.25, 0.3) is 0 Å². The molecule has 1 rings (SSSR count). The van der Waals surface area contributed by atoms with Gasteiger partial charge in [0.1, 0.15) is 11.4 Å². The molecule has 0 fully saturated rings. The van der Waals surface area contributed by atoms with E-state index in [2.05, 4.69) is 0 Å². The molecule has 0 aliphatic carbocycles. The summed E-state index contributed by atoms with van der Waals surface area (Å²) in [7, 11) is 0. The summed E-state index contributed by atoms with van der Waals surface area (Å²) in [6, 6.07) is 2.15. The molecule has 0 aliphatic rings. The van der Waals surface area contributed by atoms with Crippen LogP contribution in [0.2, 0.25) is 0 Å². The van der Waals surface area contributed by atoms with Crippen molar-refractivity contribution in [2.75, 3.05) is 19.7 Å². The van der Waals surface area contributed by atoms with E-state index in [0.29, 0.717) is 0 Å². The van der Waals surface area contributed by atoms with Crippen molar-refractivity contribution < 1.29 is 23.4 Å². The molecule has 0 saturated heterocycles. The fourth-order valence-electron chi connectivity index (χ4n) is 1.95. The molecule has 0 aliphatic heterocycles. The van der Waals surface area contributed by atoms with E-state index in [0.717, 1.165) is 12.1 Å². The highest BCUT2D eigenvalue weighted by atomic mass is 19.1. The Kier molecular flexibility index (Phi) is 5.66. The smallest absolute Gasteiger partial charge is 0.260 e. The second kappa shape index (κ2) is 6.85. The fourth-order valence-corrected chi connectivity index (χ4v) is 1.95. The molecule has 1 amide bonds. The van der Waals surface area contributed by atoms with Crippen molar-refractivity contribution in [3.8, 4) is 5.75 Å². The lowest BCUT2D eigenvalue weighted by atomic mass is 10.1. The highest BCUT2D eigenvalue weighted by molar-refractivity contribution is 5.95. The molecule has 1 aromatic carbocycles. The van der Waals surface area contributed by atoms with Crippen LogP contribution in [0, 0.1) is 11.6 Å². The van der Waals surface area contributed by atoms with Gasteiger partial charge < -0.3 is 14.7 Å². The molecule has 4 nitrogen and oxygen atoms in total. The second-order valence-electron chi connectivity index (χ2n) is 5.30. The molecule has 0 aromatic heterocycles. The Morgan fingerprint density at radius 3 is 2.43 bits per heavy atom. The van der Waals surface area contributed by atoms with Crippen LogP contribution >= 0.6 is 0 Å². The van der Waals surface area contributed by atoms with Crippen molar-refractivity contribution in [2.24, 2.45) is 0 Å². The van der Waals surface area contributed by atoms with Crippen LogP contribution in [0.1, 0.15) is 38.1 Å². The molecule has 118 valence electrons. The van der Waals surface area contributed by atoms with E-state index in [4.69, 9.17) is 4.74 Å². The first-order valence-corrected chi connectivity index (χ1v) is 6.83. The number of benzene rings is 1. The number of ether oxygens (including phenoxy) is 1. The van der Waals surface area contributed by atoms with Gasteiger partial charge in [-0.15, -0.1) is 0 Å². The maximum atomic E-state index is 14.2. The lowest BCUT2D eigenvalue weighted by molar-refractivity contribution is 0.0309. The average molecular weight is 301 g/mol. The third kappa shape index (κ3) is 4.39. The van der Waals surface area contributed by atoms with Crippen molar-refractivity contribution in [3.05, 3.63) is 29.3 Å². The number of halogens is 2. The lowest BCUT2D eigenvalue weighted by Crippen LogP contribution is -2.42. The summed E-state index contributed by atoms with van der Waals surface area (Å²) < 4.78 is 33.1. The zero-order valence-electron chi connectivity index (χ0n) is 12.7. The Hall–Kier alpha value is -1.69. The molecule has 21 heavy (non-hydrogen) atoms. The second-order valence-corrected chi connectivity index (χ2v) is 5.30. The quantitative estimate of drug-likeness (QED) is 0.878. The van der Waals surface area contributed by atoms with E-state index in [1.165, 1.54) is 18.7 Å². The highest BCUT2D eigenvalue weighted by Crippen LogP contribution is 2.25. The number of aliphatic hydroxyl groups is 1. The Balaban J connectivity index is 3.18. The molecule has 0 atom stereocenters. The molecule has 0 unspecified atom stereocenters. The zero-order valence-corrected chi connectivity index (χ0v) is 12.7. The van der Waals surface area contributed by atoms with E-state index in [1.54, 1.807) is 13.8 Å². The first kappa shape index (κ1) is 17.4. The maximum Gasteiger partial charge on any atom is 0.260 e. The fraction of sp³-hybridized carbons (Fsp3) is 0.533. The van der Waals surface area contributed by atoms with Gasteiger partial charge in [0.2, 0.25) is 0 Å². The first-order chi connectivity index (χ1) is 9.71. The summed E-state index contributed by atoms with van der Waals surface area (Å²) in [5.41, 5.74) is -1.82. The van der Waals surface area contributed by atoms with Gasteiger partial charge in [-0.1, -0.05) is 0 Å². The number of likely N-dealkylation sites (N-methyl/N-ethyl adjacent to an activating group) is 1. The molecule has 0 radical (unpaired) electrons. The highest BCUT2D eigenvalue weighted by Gasteiger charge is 2.28. The maximum absolute atomic E-state index is 14.2. The molecule has 0 bridgehead atoms. The SMILES string of the molecule is CCOc1ccc(F)c(C(=O)N(CC)CC(C)(C)O)c1F. The summed E-state index contributed by atoms with van der Waals surface area (Å²) in [5.74, 6) is -2.94. The topological polar surface area (TPSA) is 49.8 Å². The van der Waals surface area contributed by atoms with Gasteiger partial charge in [-0.05, 0) is 39.8 Å². The van der Waals surface area contributed by atoms with Crippen LogP contribution in [0.3, 0.4) is 0 Å². The number of nitrogens with zero attached hydrogens (tertiary/aromatic N) is 1. The van der Waals surface area contributed by atoms with Gasteiger partial charge in [-0.25, -0.2) is 8.78 Å². The van der Waals surface area contributed by atoms with Gasteiger partial charge in [0.25, 0.3) is 5.91 Å². The first-order valence-electron chi connectivity index (χ1n) is 6.83. The van der Waals surface area contributed by atoms with Crippen molar-refractivity contribution in [1.29, 1.82) is 0 Å². The minimum absolute atomic E-state index is 0.0277.